The van der Waals surface area contributed by atoms with Gasteiger partial charge in [-0.05, 0) is 43.0 Å². The van der Waals surface area contributed by atoms with Crippen LogP contribution in [0.2, 0.25) is 0 Å². The van der Waals surface area contributed by atoms with Crippen LogP contribution >= 0.6 is 12.4 Å². The molecule has 5 rings (SSSR count). The summed E-state index contributed by atoms with van der Waals surface area (Å²) in [5, 5.41) is 17.7. The number of aryl methyl sites for hydroxylation is 1. The zero-order valence-electron chi connectivity index (χ0n) is 18.6. The number of carbonyl (C=O) groups is 1. The lowest BCUT2D eigenvalue weighted by atomic mass is 9.97. The van der Waals surface area contributed by atoms with Crippen molar-refractivity contribution in [2.75, 3.05) is 35.6 Å². The van der Waals surface area contributed by atoms with Crippen molar-refractivity contribution >= 4 is 46.4 Å². The summed E-state index contributed by atoms with van der Waals surface area (Å²) in [6.07, 6.45) is 6.46. The Morgan fingerprint density at radius 3 is 2.82 bits per heavy atom. The van der Waals surface area contributed by atoms with E-state index in [-0.39, 0.29) is 30.6 Å². The molecule has 0 saturated carbocycles. The molecule has 0 spiro atoms. The number of amides is 1. The third-order valence-electron chi connectivity index (χ3n) is 6.09. The fourth-order valence-corrected chi connectivity index (χ4v) is 4.19. The van der Waals surface area contributed by atoms with Crippen molar-refractivity contribution in [1.29, 1.82) is 0 Å². The minimum absolute atomic E-state index is 0. The minimum Gasteiger partial charge on any atom is -0.444 e. The van der Waals surface area contributed by atoms with Crippen molar-refractivity contribution in [3.63, 3.8) is 0 Å². The SMILES string of the molecule is Cl.Cn1ncc2cc(NC(=O)c3coc(-c4ccnc(N)c4)n3)c(N3CCC(CO)CC3)cc21. The van der Waals surface area contributed by atoms with Crippen LogP contribution in [0.4, 0.5) is 17.2 Å². The highest BCUT2D eigenvalue weighted by molar-refractivity contribution is 6.06. The van der Waals surface area contributed by atoms with Crippen LogP contribution in [0.25, 0.3) is 22.4 Å². The first kappa shape index (κ1) is 23.5. The van der Waals surface area contributed by atoms with Crippen molar-refractivity contribution in [1.82, 2.24) is 19.7 Å². The summed E-state index contributed by atoms with van der Waals surface area (Å²) in [7, 11) is 1.89. The third kappa shape index (κ3) is 4.55. The molecule has 3 aromatic heterocycles. The van der Waals surface area contributed by atoms with Gasteiger partial charge in [-0.1, -0.05) is 0 Å². The summed E-state index contributed by atoms with van der Waals surface area (Å²) in [5.41, 5.74) is 9.12. The molecule has 4 N–H and O–H groups in total. The lowest BCUT2D eigenvalue weighted by Gasteiger charge is -2.34. The second-order valence-corrected chi connectivity index (χ2v) is 8.27. The molecule has 1 saturated heterocycles. The molecule has 1 fully saturated rings. The number of hydrogen-bond acceptors (Lipinski definition) is 8. The number of nitrogens with two attached hydrogens (primary N) is 1. The van der Waals surface area contributed by atoms with Crippen molar-refractivity contribution < 1.29 is 14.3 Å². The third-order valence-corrected chi connectivity index (χ3v) is 6.09. The molecule has 4 heterocycles. The molecule has 178 valence electrons. The van der Waals surface area contributed by atoms with E-state index in [4.69, 9.17) is 10.2 Å². The van der Waals surface area contributed by atoms with E-state index in [9.17, 15) is 9.90 Å². The quantitative estimate of drug-likeness (QED) is 0.394. The van der Waals surface area contributed by atoms with Gasteiger partial charge in [-0.3, -0.25) is 9.48 Å². The molecule has 0 bridgehead atoms. The average molecular weight is 484 g/mol. The molecule has 0 aliphatic carbocycles. The Kier molecular flexibility index (Phi) is 6.71. The number of hydrogen-bond donors (Lipinski definition) is 3. The molecule has 4 aromatic rings. The van der Waals surface area contributed by atoms with Gasteiger partial charge in [0.1, 0.15) is 12.1 Å². The Morgan fingerprint density at radius 2 is 2.09 bits per heavy atom. The molecule has 0 atom stereocenters. The number of oxazole rings is 1. The van der Waals surface area contributed by atoms with E-state index in [1.54, 1.807) is 24.5 Å². The van der Waals surface area contributed by atoms with Crippen LogP contribution in [0.1, 0.15) is 23.3 Å². The number of benzene rings is 1. The van der Waals surface area contributed by atoms with Crippen molar-refractivity contribution in [2.24, 2.45) is 13.0 Å². The number of aromatic nitrogens is 4. The summed E-state index contributed by atoms with van der Waals surface area (Å²) in [6, 6.07) is 7.33. The van der Waals surface area contributed by atoms with Gasteiger partial charge >= 0.3 is 0 Å². The number of piperidine rings is 1. The standard InChI is InChI=1S/C23H25N7O3.ClH/c1-29-19-10-20(30-6-3-14(12-31)4-7-30)17(8-16(19)11-26-29)27-22(32)18-13-33-23(28-18)15-2-5-25-21(24)9-15;/h2,5,8-11,13-14,31H,3-4,6-7,12H2,1H3,(H2,24,25)(H,27,32);1H. The van der Waals surface area contributed by atoms with Gasteiger partial charge in [0.2, 0.25) is 5.89 Å². The van der Waals surface area contributed by atoms with Gasteiger partial charge < -0.3 is 25.5 Å². The number of halogens is 1. The fourth-order valence-electron chi connectivity index (χ4n) is 4.19. The smallest absolute Gasteiger partial charge is 0.277 e. The lowest BCUT2D eigenvalue weighted by Crippen LogP contribution is -2.35. The number of rotatable bonds is 5. The predicted octanol–water partition coefficient (Wildman–Crippen LogP) is 3.09. The van der Waals surface area contributed by atoms with Gasteiger partial charge in [-0.15, -0.1) is 12.4 Å². The van der Waals surface area contributed by atoms with Gasteiger partial charge in [-0.25, -0.2) is 9.97 Å². The number of aliphatic hydroxyl groups excluding tert-OH is 1. The second kappa shape index (κ2) is 9.70. The molecule has 11 heteroatoms. The van der Waals surface area contributed by atoms with Gasteiger partial charge in [0.05, 0.1) is 23.1 Å². The van der Waals surface area contributed by atoms with E-state index < -0.39 is 0 Å². The number of nitrogens with zero attached hydrogens (tertiary/aromatic N) is 5. The van der Waals surface area contributed by atoms with Crippen LogP contribution in [0.15, 0.2) is 47.3 Å². The van der Waals surface area contributed by atoms with Crippen LogP contribution in [-0.2, 0) is 7.05 Å². The maximum absolute atomic E-state index is 13.1. The highest BCUT2D eigenvalue weighted by Crippen LogP contribution is 2.34. The Balaban J connectivity index is 0.00000274. The van der Waals surface area contributed by atoms with Gasteiger partial charge in [0.25, 0.3) is 5.91 Å². The Morgan fingerprint density at radius 1 is 1.29 bits per heavy atom. The van der Waals surface area contributed by atoms with Gasteiger partial charge in [0.15, 0.2) is 5.69 Å². The molecule has 1 aromatic carbocycles. The van der Waals surface area contributed by atoms with Gasteiger partial charge in [0, 0.05) is 43.9 Å². The first-order chi connectivity index (χ1) is 16.0. The molecule has 1 amide bonds. The number of nitrogens with one attached hydrogen (secondary N) is 1. The monoisotopic (exact) mass is 483 g/mol. The largest absolute Gasteiger partial charge is 0.444 e. The van der Waals surface area contributed by atoms with E-state index in [1.165, 1.54) is 6.26 Å². The van der Waals surface area contributed by atoms with Crippen molar-refractivity contribution in [3.8, 4) is 11.5 Å². The maximum atomic E-state index is 13.1. The molecule has 1 aliphatic heterocycles. The number of anilines is 3. The number of aliphatic hydroxyl groups is 1. The maximum Gasteiger partial charge on any atom is 0.277 e. The number of nitrogen functional groups attached to an aromatic ring is 1. The molecule has 34 heavy (non-hydrogen) atoms. The second-order valence-electron chi connectivity index (χ2n) is 8.27. The van der Waals surface area contributed by atoms with E-state index in [2.05, 4.69) is 25.3 Å². The van der Waals surface area contributed by atoms with Gasteiger partial charge in [-0.2, -0.15) is 5.10 Å². The summed E-state index contributed by atoms with van der Waals surface area (Å²) in [5.74, 6) is 0.580. The highest BCUT2D eigenvalue weighted by atomic mass is 35.5. The minimum atomic E-state index is -0.373. The van der Waals surface area contributed by atoms with E-state index in [0.29, 0.717) is 28.9 Å². The Bertz CT molecular complexity index is 1310. The first-order valence-corrected chi connectivity index (χ1v) is 10.8. The summed E-state index contributed by atoms with van der Waals surface area (Å²) in [6.45, 7) is 1.81. The average Bonchev–Trinajstić information content (AvgIpc) is 3.46. The van der Waals surface area contributed by atoms with E-state index in [0.717, 1.165) is 42.5 Å². The molecule has 0 unspecified atom stereocenters. The molecular weight excluding hydrogens is 458 g/mol. The summed E-state index contributed by atoms with van der Waals surface area (Å²) < 4.78 is 7.32. The number of carbonyl (C=O) groups excluding carboxylic acids is 1. The predicted molar refractivity (Wildman–Crippen MR) is 132 cm³/mol. The van der Waals surface area contributed by atoms with Crippen LogP contribution in [0.5, 0.6) is 0 Å². The normalized spacial score (nSPS) is 14.2. The van der Waals surface area contributed by atoms with Crippen LogP contribution < -0.4 is 16.0 Å². The Labute approximate surface area is 202 Å². The fraction of sp³-hybridized carbons (Fsp3) is 0.304. The number of fused-ring (bicyclic) bond motifs is 1. The topological polar surface area (TPSA) is 135 Å². The summed E-state index contributed by atoms with van der Waals surface area (Å²) in [4.78, 5) is 23.6. The van der Waals surface area contributed by atoms with E-state index >= 15 is 0 Å². The van der Waals surface area contributed by atoms with E-state index in [1.807, 2.05) is 23.9 Å². The first-order valence-electron chi connectivity index (χ1n) is 10.8. The molecule has 0 radical (unpaired) electrons. The molecular formula is C23H26ClN7O3. The molecule has 10 nitrogen and oxygen atoms in total. The van der Waals surface area contributed by atoms with Crippen LogP contribution in [-0.4, -0.2) is 50.5 Å². The number of pyridine rings is 1. The molecule has 1 aliphatic rings. The van der Waals surface area contributed by atoms with Crippen LogP contribution in [0.3, 0.4) is 0 Å². The Hall–Kier alpha value is -3.63. The highest BCUT2D eigenvalue weighted by Gasteiger charge is 2.23. The van der Waals surface area contributed by atoms with Crippen LogP contribution in [0, 0.1) is 5.92 Å². The zero-order valence-corrected chi connectivity index (χ0v) is 19.5. The van der Waals surface area contributed by atoms with Crippen molar-refractivity contribution in [2.45, 2.75) is 12.8 Å². The zero-order chi connectivity index (χ0) is 22.9. The lowest BCUT2D eigenvalue weighted by molar-refractivity contribution is 0.102. The summed E-state index contributed by atoms with van der Waals surface area (Å²) >= 11 is 0. The van der Waals surface area contributed by atoms with Crippen molar-refractivity contribution in [3.05, 3.63) is 48.6 Å².